The molecular weight excluding hydrogens is 140 g/mol. The molecule has 1 rings (SSSR count). The fourth-order valence-electron chi connectivity index (χ4n) is 1.62. The molecule has 2 unspecified atom stereocenters. The first kappa shape index (κ1) is 8.51. The van der Waals surface area contributed by atoms with E-state index in [1.807, 2.05) is 0 Å². The van der Waals surface area contributed by atoms with E-state index in [0.717, 1.165) is 25.7 Å². The Morgan fingerprint density at radius 3 is 2.82 bits per heavy atom. The zero-order chi connectivity index (χ0) is 8.32. The Labute approximate surface area is 67.1 Å². The fraction of sp³-hybridized carbons (Fsp3) is 0.875. The van der Waals surface area contributed by atoms with E-state index < -0.39 is 5.54 Å². The van der Waals surface area contributed by atoms with Crippen LogP contribution >= 0.6 is 0 Å². The van der Waals surface area contributed by atoms with Gasteiger partial charge in [0.25, 0.3) is 0 Å². The molecule has 0 aromatic heterocycles. The topological polar surface area (TPSA) is 59.0 Å². The van der Waals surface area contributed by atoms with Gasteiger partial charge in [0, 0.05) is 7.11 Å². The highest BCUT2D eigenvalue weighted by Gasteiger charge is 2.37. The SMILES string of the molecule is COC1CCCCC1(N)C#N. The summed E-state index contributed by atoms with van der Waals surface area (Å²) in [5, 5.41) is 8.80. The molecule has 0 heterocycles. The molecule has 3 nitrogen and oxygen atoms in total. The van der Waals surface area contributed by atoms with E-state index in [2.05, 4.69) is 6.07 Å². The second-order valence-corrected chi connectivity index (χ2v) is 3.12. The van der Waals surface area contributed by atoms with E-state index >= 15 is 0 Å². The van der Waals surface area contributed by atoms with Crippen LogP contribution in [0.15, 0.2) is 0 Å². The minimum Gasteiger partial charge on any atom is -0.378 e. The molecule has 0 spiro atoms. The largest absolute Gasteiger partial charge is 0.378 e. The van der Waals surface area contributed by atoms with Crippen molar-refractivity contribution < 1.29 is 4.74 Å². The summed E-state index contributed by atoms with van der Waals surface area (Å²) in [5.74, 6) is 0. The van der Waals surface area contributed by atoms with Crippen LogP contribution in [-0.4, -0.2) is 18.8 Å². The van der Waals surface area contributed by atoms with Crippen LogP contribution in [0.1, 0.15) is 25.7 Å². The van der Waals surface area contributed by atoms with Crippen LogP contribution < -0.4 is 5.73 Å². The summed E-state index contributed by atoms with van der Waals surface area (Å²) in [6, 6.07) is 2.13. The van der Waals surface area contributed by atoms with E-state index in [0.29, 0.717) is 0 Å². The van der Waals surface area contributed by atoms with Crippen LogP contribution in [0.5, 0.6) is 0 Å². The van der Waals surface area contributed by atoms with Crippen molar-refractivity contribution in [2.24, 2.45) is 5.73 Å². The smallest absolute Gasteiger partial charge is 0.130 e. The minimum absolute atomic E-state index is 0.0683. The number of methoxy groups -OCH3 is 1. The highest BCUT2D eigenvalue weighted by molar-refractivity contribution is 5.11. The van der Waals surface area contributed by atoms with Gasteiger partial charge in [-0.05, 0) is 12.8 Å². The van der Waals surface area contributed by atoms with Crippen molar-refractivity contribution in [3.63, 3.8) is 0 Å². The Kier molecular flexibility index (Phi) is 2.48. The third kappa shape index (κ3) is 1.52. The molecular formula is C8H14N2O. The number of nitrogens with two attached hydrogens (primary N) is 1. The molecule has 0 radical (unpaired) electrons. The zero-order valence-electron chi connectivity index (χ0n) is 6.84. The van der Waals surface area contributed by atoms with Crippen LogP contribution in [0, 0.1) is 11.3 Å². The molecule has 1 aliphatic carbocycles. The average Bonchev–Trinajstić information content (AvgIpc) is 2.05. The van der Waals surface area contributed by atoms with E-state index in [1.54, 1.807) is 7.11 Å². The van der Waals surface area contributed by atoms with Crippen molar-refractivity contribution >= 4 is 0 Å². The fourth-order valence-corrected chi connectivity index (χ4v) is 1.62. The van der Waals surface area contributed by atoms with Gasteiger partial charge in [0.1, 0.15) is 5.54 Å². The second kappa shape index (κ2) is 3.21. The maximum absolute atomic E-state index is 8.80. The molecule has 62 valence electrons. The quantitative estimate of drug-likeness (QED) is 0.607. The van der Waals surface area contributed by atoms with Crippen molar-refractivity contribution in [1.29, 1.82) is 5.26 Å². The highest BCUT2D eigenvalue weighted by Crippen LogP contribution is 2.27. The number of rotatable bonds is 1. The molecule has 0 aromatic carbocycles. The Morgan fingerprint density at radius 2 is 2.36 bits per heavy atom. The van der Waals surface area contributed by atoms with Gasteiger partial charge in [0.05, 0.1) is 12.2 Å². The van der Waals surface area contributed by atoms with Gasteiger partial charge in [-0.3, -0.25) is 0 Å². The number of nitrogens with zero attached hydrogens (tertiary/aromatic N) is 1. The van der Waals surface area contributed by atoms with Gasteiger partial charge in [-0.15, -0.1) is 0 Å². The third-order valence-electron chi connectivity index (χ3n) is 2.37. The van der Waals surface area contributed by atoms with Gasteiger partial charge >= 0.3 is 0 Å². The molecule has 3 heteroatoms. The molecule has 1 fully saturated rings. The van der Waals surface area contributed by atoms with E-state index in [1.165, 1.54) is 0 Å². The van der Waals surface area contributed by atoms with Crippen molar-refractivity contribution in [3.05, 3.63) is 0 Å². The Balaban J connectivity index is 2.67. The highest BCUT2D eigenvalue weighted by atomic mass is 16.5. The van der Waals surface area contributed by atoms with Gasteiger partial charge in [0.2, 0.25) is 0 Å². The van der Waals surface area contributed by atoms with Gasteiger partial charge in [0.15, 0.2) is 0 Å². The summed E-state index contributed by atoms with van der Waals surface area (Å²) >= 11 is 0. The third-order valence-corrected chi connectivity index (χ3v) is 2.37. The van der Waals surface area contributed by atoms with E-state index in [-0.39, 0.29) is 6.10 Å². The molecule has 2 N–H and O–H groups in total. The van der Waals surface area contributed by atoms with Crippen LogP contribution in [0.4, 0.5) is 0 Å². The number of hydrogen-bond acceptors (Lipinski definition) is 3. The number of ether oxygens (including phenoxy) is 1. The lowest BCUT2D eigenvalue weighted by molar-refractivity contribution is 0.0290. The summed E-state index contributed by atoms with van der Waals surface area (Å²) in [7, 11) is 1.62. The maximum atomic E-state index is 8.80. The number of hydrogen-bond donors (Lipinski definition) is 1. The Bertz CT molecular complexity index is 175. The molecule has 1 saturated carbocycles. The minimum atomic E-state index is -0.729. The Hall–Kier alpha value is -0.590. The number of nitriles is 1. The van der Waals surface area contributed by atoms with Crippen molar-refractivity contribution in [2.75, 3.05) is 7.11 Å². The molecule has 0 amide bonds. The summed E-state index contributed by atoms with van der Waals surface area (Å²) in [6.45, 7) is 0. The maximum Gasteiger partial charge on any atom is 0.130 e. The molecule has 2 atom stereocenters. The lowest BCUT2D eigenvalue weighted by atomic mass is 9.81. The van der Waals surface area contributed by atoms with Gasteiger partial charge in [-0.1, -0.05) is 12.8 Å². The van der Waals surface area contributed by atoms with Crippen molar-refractivity contribution in [1.82, 2.24) is 0 Å². The van der Waals surface area contributed by atoms with Crippen molar-refractivity contribution in [2.45, 2.75) is 37.3 Å². The monoisotopic (exact) mass is 154 g/mol. The zero-order valence-corrected chi connectivity index (χ0v) is 6.84. The summed E-state index contributed by atoms with van der Waals surface area (Å²) in [6.07, 6.45) is 3.78. The molecule has 0 aromatic rings. The van der Waals surface area contributed by atoms with Crippen LogP contribution in [0.25, 0.3) is 0 Å². The summed E-state index contributed by atoms with van der Waals surface area (Å²) in [5.41, 5.74) is 5.10. The lowest BCUT2D eigenvalue weighted by Gasteiger charge is -2.34. The predicted octanol–water partition coefficient (Wildman–Crippen LogP) is 0.796. The molecule has 1 aliphatic rings. The lowest BCUT2D eigenvalue weighted by Crippen LogP contribution is -2.52. The normalized spacial score (nSPS) is 38.1. The van der Waals surface area contributed by atoms with E-state index in [4.69, 9.17) is 15.7 Å². The molecule has 0 aliphatic heterocycles. The average molecular weight is 154 g/mol. The van der Waals surface area contributed by atoms with E-state index in [9.17, 15) is 0 Å². The first-order valence-corrected chi connectivity index (χ1v) is 3.96. The predicted molar refractivity (Wildman–Crippen MR) is 41.8 cm³/mol. The first-order valence-electron chi connectivity index (χ1n) is 3.96. The molecule has 11 heavy (non-hydrogen) atoms. The molecule has 0 saturated heterocycles. The van der Waals surface area contributed by atoms with Gasteiger partial charge in [-0.25, -0.2) is 0 Å². The summed E-state index contributed by atoms with van der Waals surface area (Å²) < 4.78 is 5.15. The van der Waals surface area contributed by atoms with Crippen LogP contribution in [0.2, 0.25) is 0 Å². The van der Waals surface area contributed by atoms with Gasteiger partial charge in [-0.2, -0.15) is 5.26 Å². The standard InChI is InChI=1S/C8H14N2O/c1-11-7-4-2-3-5-8(7,10)6-9/h7H,2-5,10H2,1H3. The van der Waals surface area contributed by atoms with Gasteiger partial charge < -0.3 is 10.5 Å². The van der Waals surface area contributed by atoms with Crippen molar-refractivity contribution in [3.8, 4) is 6.07 Å². The van der Waals surface area contributed by atoms with Crippen LogP contribution in [-0.2, 0) is 4.74 Å². The summed E-state index contributed by atoms with van der Waals surface area (Å²) in [4.78, 5) is 0. The van der Waals surface area contributed by atoms with Crippen LogP contribution in [0.3, 0.4) is 0 Å². The first-order chi connectivity index (χ1) is 5.23. The molecule has 0 bridgehead atoms. The second-order valence-electron chi connectivity index (χ2n) is 3.12. The Morgan fingerprint density at radius 1 is 1.64 bits per heavy atom.